The molecule has 32 nitrogen and oxygen atoms in total. The average Bonchev–Trinajstić information content (AvgIpc) is 1.52. The number of Topliss-reactive ketones (excluding diaryl/α,β-unsaturated/α-hetero) is 1. The number of nitrogens with one attached hydrogen (secondary N) is 11. The molecule has 0 radical (unpaired) electrons. The molecule has 2 saturated heterocycles. The number of allylic oxidation sites excluding steroid dienone is 4. The van der Waals surface area contributed by atoms with E-state index in [0.717, 1.165) is 41.6 Å². The van der Waals surface area contributed by atoms with Crippen molar-refractivity contribution in [3.63, 3.8) is 0 Å². The molecule has 2 aliphatic carbocycles. The Balaban J connectivity index is 1.30. The summed E-state index contributed by atoms with van der Waals surface area (Å²) in [4.78, 5) is 216. The molecule has 7 rings (SSSR count). The number of unbranched alkanes of at least 4 members (excludes halogenated alkanes) is 5. The third-order valence-electron chi connectivity index (χ3n) is 25.3. The summed E-state index contributed by atoms with van der Waals surface area (Å²) < 4.78 is -1.67. The molecule has 13 amide bonds. The Labute approximate surface area is 767 Å². The second kappa shape index (κ2) is 50.7. The number of thioether (sulfide) groups is 2. The zero-order chi connectivity index (χ0) is 94.6. The van der Waals surface area contributed by atoms with Crippen LogP contribution in [-0.4, -0.2) is 227 Å². The van der Waals surface area contributed by atoms with Crippen LogP contribution < -0.4 is 87.2 Å². The van der Waals surface area contributed by atoms with Crippen molar-refractivity contribution in [3.05, 3.63) is 80.2 Å². The van der Waals surface area contributed by atoms with Crippen molar-refractivity contribution in [1.29, 1.82) is 0 Å². The van der Waals surface area contributed by atoms with Crippen molar-refractivity contribution in [2.45, 2.75) is 339 Å². The van der Waals surface area contributed by atoms with Crippen LogP contribution in [0.3, 0.4) is 0 Å². The number of nitrogens with two attached hydrogens (primary N) is 5. The molecule has 0 unspecified atom stereocenters. The van der Waals surface area contributed by atoms with Gasteiger partial charge in [-0.25, -0.2) is 0 Å². The first kappa shape index (κ1) is 107. The summed E-state index contributed by atoms with van der Waals surface area (Å²) in [6.45, 7) is 27.3. The monoisotopic (exact) mass is 1820 g/mol. The van der Waals surface area contributed by atoms with E-state index < -0.39 is 183 Å². The minimum absolute atomic E-state index is 0.0486. The van der Waals surface area contributed by atoms with Gasteiger partial charge in [-0.3, -0.25) is 67.1 Å². The Hall–Kier alpha value is -8.54. The molecule has 0 spiro atoms. The average molecular weight is 1820 g/mol. The third-order valence-corrected chi connectivity index (χ3v) is 28.6. The van der Waals surface area contributed by atoms with Gasteiger partial charge in [-0.15, -0.1) is 23.5 Å². The molecule has 1 saturated carbocycles. The summed E-state index contributed by atoms with van der Waals surface area (Å²) in [7, 11) is 1.42. The zero-order valence-electron chi connectivity index (χ0n) is 78.5. The topological polar surface area (TPSA) is 508 Å². The van der Waals surface area contributed by atoms with Crippen LogP contribution in [0.1, 0.15) is 250 Å². The first-order chi connectivity index (χ1) is 60.7. The first-order valence-corrected chi connectivity index (χ1v) is 48.6. The lowest BCUT2D eigenvalue weighted by Gasteiger charge is -2.47. The number of likely N-dealkylation sites (N-methyl/N-ethyl adjacent to an activating group) is 1. The molecule has 0 aromatic heterocycles. The van der Waals surface area contributed by atoms with Gasteiger partial charge in [0.15, 0.2) is 5.78 Å². The highest BCUT2D eigenvalue weighted by atomic mass is 32.2. The molecule has 1 aromatic carbocycles. The van der Waals surface area contributed by atoms with E-state index >= 15 is 43.2 Å². The lowest BCUT2D eigenvalue weighted by molar-refractivity contribution is -0.143. The number of nitrogens with zero attached hydrogens (tertiary/aromatic N) is 2. The molecule has 21 N–H and O–H groups in total. The lowest BCUT2D eigenvalue weighted by Crippen LogP contribution is -2.62. The van der Waals surface area contributed by atoms with E-state index in [0.29, 0.717) is 92.4 Å². The van der Waals surface area contributed by atoms with Crippen molar-refractivity contribution in [2.75, 3.05) is 46.3 Å². The minimum atomic E-state index is -1.38. The van der Waals surface area contributed by atoms with Crippen molar-refractivity contribution in [1.82, 2.24) is 68.3 Å². The summed E-state index contributed by atoms with van der Waals surface area (Å²) in [5.41, 5.74) is 34.7. The molecule has 4 aliphatic heterocycles. The Morgan fingerprint density at radius 1 is 0.383 bits per heavy atom. The third kappa shape index (κ3) is 28.7. The molecule has 34 heteroatoms. The molecule has 3 fully saturated rings. The van der Waals surface area contributed by atoms with Gasteiger partial charge in [-0.05, 0) is 270 Å². The van der Waals surface area contributed by atoms with Crippen LogP contribution in [0.15, 0.2) is 74.6 Å². The molecule has 4 bridgehead atoms. The van der Waals surface area contributed by atoms with Gasteiger partial charge in [0, 0.05) is 20.0 Å². The minimum Gasteiger partial charge on any atom is -0.343 e. The van der Waals surface area contributed by atoms with Crippen LogP contribution in [0.2, 0.25) is 0 Å². The van der Waals surface area contributed by atoms with Crippen molar-refractivity contribution < 1.29 is 67.1 Å². The Kier molecular flexibility index (Phi) is 42.2. The Morgan fingerprint density at radius 2 is 0.727 bits per heavy atom. The number of benzene rings is 1. The fourth-order valence-electron chi connectivity index (χ4n) is 17.9. The molecule has 714 valence electrons. The number of fused-ring (bicyclic) bond motifs is 4. The van der Waals surface area contributed by atoms with Crippen LogP contribution in [0.4, 0.5) is 0 Å². The fraction of sp³-hybridized carbons (Fsp3) is 0.702. The van der Waals surface area contributed by atoms with Gasteiger partial charge in [0.25, 0.3) is 5.91 Å². The highest BCUT2D eigenvalue weighted by Crippen LogP contribution is 2.68. The molecule has 128 heavy (non-hydrogen) atoms. The van der Waals surface area contributed by atoms with Crippen molar-refractivity contribution in [3.8, 4) is 0 Å². The number of carbonyl (C=O) groups excluding carboxylic acids is 14. The number of hydrogen-bond acceptors (Lipinski definition) is 21. The van der Waals surface area contributed by atoms with Crippen LogP contribution in [-0.2, 0) is 73.5 Å². The number of rotatable bonds is 31. The molecule has 1 aromatic rings. The number of ketones is 1. The smallest absolute Gasteiger partial charge is 0.258 e. The van der Waals surface area contributed by atoms with E-state index in [4.69, 9.17) is 28.7 Å². The lowest BCUT2D eigenvalue weighted by atomic mass is 9.72. The van der Waals surface area contributed by atoms with E-state index in [1.165, 1.54) is 35.5 Å². The summed E-state index contributed by atoms with van der Waals surface area (Å²) >= 11 is 2.77. The van der Waals surface area contributed by atoms with Gasteiger partial charge in [0.1, 0.15) is 72.5 Å². The molecule has 15 atom stereocenters. The number of amides is 13. The van der Waals surface area contributed by atoms with E-state index in [1.807, 2.05) is 53.7 Å². The van der Waals surface area contributed by atoms with Gasteiger partial charge in [0.2, 0.25) is 70.9 Å². The summed E-state index contributed by atoms with van der Waals surface area (Å²) in [6, 6.07) is -7.33. The maximum absolute atomic E-state index is 15.5. The normalized spacial score (nSPS) is 27.9. The molecule has 4 heterocycles. The quantitative estimate of drug-likeness (QED) is 0.0420. The molecular weight excluding hydrogens is 1670 g/mol. The summed E-state index contributed by atoms with van der Waals surface area (Å²) in [5, 5.41) is 32.1. The van der Waals surface area contributed by atoms with E-state index in [2.05, 4.69) is 72.3 Å². The van der Waals surface area contributed by atoms with Gasteiger partial charge >= 0.3 is 0 Å². The number of hydrogen-bond donors (Lipinski definition) is 16. The van der Waals surface area contributed by atoms with Crippen LogP contribution in [0.5, 0.6) is 0 Å². The summed E-state index contributed by atoms with van der Waals surface area (Å²) in [6.07, 6.45) is 11.7. The van der Waals surface area contributed by atoms with Gasteiger partial charge < -0.3 is 97.0 Å². The van der Waals surface area contributed by atoms with Crippen molar-refractivity contribution in [2.24, 2.45) is 64.2 Å². The van der Waals surface area contributed by atoms with Crippen molar-refractivity contribution >= 4 is 106 Å². The molecular formula is C94H152N18O14S2. The fourth-order valence-corrected chi connectivity index (χ4v) is 21.0. The SMILES string of the molecule is CC(C)C[C@@H]1NC(=O)[C@H](CCCCN)NC(=O)[C@H](C(C)C)NC(=O)C2=CC3=C4CCCC4=C4C=C(S[C@]4(C)[C@@]3(C)S2)C(=O)[C@H]2CCCN2C(=O)[C@H](CC(C)C)NC(=O)[C@H](CCCCN)NC(=O)[C@H](C(C)C)NC(=O)[C@H](CCCCN)NC(=O)[C@H](CC(C)C)NC(=O)[C@H](CCCCN)N(C)C(=O)[C@@H](Cc2ccccc2)NC(=O)[C@H](C(C)C)NC(=O)[C@H](CCCCN)NC1=O. The van der Waals surface area contributed by atoms with Gasteiger partial charge in [-0.2, -0.15) is 0 Å². The Bertz CT molecular complexity index is 4170. The highest BCUT2D eigenvalue weighted by Gasteiger charge is 2.61. The zero-order valence-corrected chi connectivity index (χ0v) is 80.2. The standard InChI is InChI=1S/C94H152N18O14S2/c1-53(2)47-68-84(118)100-66(37-21-26-43-97)83(117)109-77(57(9)10)90(124)107-71(50-59-31-17-16-18-32-59)91(125)111(15)73(39-23-28-45-99)86(120)105-69(48-54(3)4)85(119)101-67(38-22-27-44-98)82(116)108-76(56(7)8)88(122)103-65(36-20-25-42-96)81(115)106-70(49-55(5)6)92(126)112-46-30-40-72(112)79(113)74-51-62-60-33-29-34-61(60)63-52-75(128-94(63,14)93(62,13)127-74)87(121)110-78(58(11)12)89(123)102-64(80(114)104-68)35-19-24-41-95/h16-18,31-32,51-58,64-73,76-78H,19-30,33-50,95-99H2,1-15H3,(H,100,118)(H,101,119)(H,102,123)(H,103,122)(H,104,114)(H,105,120)(H,106,115)(H,107,124)(H,108,116)(H,109,117)(H,110,121)/t64-,65-,66-,67-,68-,69-,70-,71+,72+,73-,76-,77-,78-,93-,94-/m0/s1. The highest BCUT2D eigenvalue weighted by molar-refractivity contribution is 8.10. The maximum atomic E-state index is 15.5. The van der Waals surface area contributed by atoms with Gasteiger partial charge in [-0.1, -0.05) is 113 Å². The predicted molar refractivity (Wildman–Crippen MR) is 501 cm³/mol. The Morgan fingerprint density at radius 3 is 1.14 bits per heavy atom. The predicted octanol–water partition coefficient (Wildman–Crippen LogP) is 5.28. The largest absolute Gasteiger partial charge is 0.343 e. The second-order valence-electron chi connectivity index (χ2n) is 38.1. The number of carbonyl (C=O) groups is 14. The second-order valence-corrected chi connectivity index (χ2v) is 41.0. The van der Waals surface area contributed by atoms with E-state index in [-0.39, 0.29) is 121 Å². The van der Waals surface area contributed by atoms with E-state index in [9.17, 15) is 24.0 Å². The van der Waals surface area contributed by atoms with Crippen LogP contribution in [0.25, 0.3) is 0 Å². The maximum Gasteiger partial charge on any atom is 0.258 e. The van der Waals surface area contributed by atoms with Gasteiger partial charge in [0.05, 0.1) is 25.3 Å². The summed E-state index contributed by atoms with van der Waals surface area (Å²) in [5.74, 6) is -11.5. The van der Waals surface area contributed by atoms with Crippen LogP contribution in [0, 0.1) is 35.5 Å². The first-order valence-electron chi connectivity index (χ1n) is 47.0. The van der Waals surface area contributed by atoms with Crippen LogP contribution >= 0.6 is 23.5 Å². The van der Waals surface area contributed by atoms with E-state index in [1.54, 1.807) is 76.8 Å². The molecule has 6 aliphatic rings.